The molecule has 14 heavy (non-hydrogen) atoms. The first kappa shape index (κ1) is 9.67. The van der Waals surface area contributed by atoms with Crippen LogP contribution in [0.2, 0.25) is 0 Å². The largest absolute Gasteiger partial charge is 0.374 e. The fourth-order valence-electron chi connectivity index (χ4n) is 1.69. The molecule has 6 heteroatoms. The quantitative estimate of drug-likeness (QED) is 0.746. The smallest absolute Gasteiger partial charge is 0.210 e. The number of ether oxygens (including phenoxy) is 1. The Morgan fingerprint density at radius 1 is 1.36 bits per heavy atom. The number of rotatable bonds is 1. The summed E-state index contributed by atoms with van der Waals surface area (Å²) in [6.07, 6.45) is 0.479. The molecule has 0 radical (unpaired) electrons. The molecule has 0 aliphatic carbocycles. The maximum atomic E-state index is 5.63. The molecule has 0 spiro atoms. The highest BCUT2D eigenvalue weighted by atomic mass is 32.1. The van der Waals surface area contributed by atoms with Crippen LogP contribution in [-0.2, 0) is 4.74 Å². The van der Waals surface area contributed by atoms with Gasteiger partial charge in [0, 0.05) is 13.1 Å². The van der Waals surface area contributed by atoms with Crippen LogP contribution in [0, 0.1) is 0 Å². The van der Waals surface area contributed by atoms with E-state index in [9.17, 15) is 0 Å². The number of nitrogen functional groups attached to an aromatic ring is 1. The fourth-order valence-corrected chi connectivity index (χ4v) is 2.32. The van der Waals surface area contributed by atoms with E-state index in [4.69, 9.17) is 10.5 Å². The highest BCUT2D eigenvalue weighted by molar-refractivity contribution is 7.18. The molecule has 78 valence electrons. The van der Waals surface area contributed by atoms with E-state index in [0.29, 0.717) is 5.13 Å². The van der Waals surface area contributed by atoms with Crippen LogP contribution in [0.5, 0.6) is 0 Å². The van der Waals surface area contributed by atoms with Crippen molar-refractivity contribution in [1.82, 2.24) is 10.2 Å². The Kier molecular flexibility index (Phi) is 2.56. The van der Waals surface area contributed by atoms with Crippen LogP contribution in [0.15, 0.2) is 0 Å². The third kappa shape index (κ3) is 1.96. The zero-order valence-corrected chi connectivity index (χ0v) is 9.12. The number of morpholine rings is 1. The molecule has 0 bridgehead atoms. The molecule has 1 aromatic heterocycles. The van der Waals surface area contributed by atoms with Crippen molar-refractivity contribution in [2.24, 2.45) is 0 Å². The molecule has 5 nitrogen and oxygen atoms in total. The molecule has 2 rings (SSSR count). The van der Waals surface area contributed by atoms with Gasteiger partial charge in [-0.2, -0.15) is 0 Å². The first-order chi connectivity index (χ1) is 6.65. The third-order valence-electron chi connectivity index (χ3n) is 2.12. The van der Waals surface area contributed by atoms with E-state index in [1.165, 1.54) is 11.3 Å². The predicted molar refractivity (Wildman–Crippen MR) is 56.5 cm³/mol. The number of nitrogens with zero attached hydrogens (tertiary/aromatic N) is 3. The van der Waals surface area contributed by atoms with Gasteiger partial charge in [-0.15, -0.1) is 10.2 Å². The second-order valence-corrected chi connectivity index (χ2v) is 4.57. The third-order valence-corrected chi connectivity index (χ3v) is 2.93. The molecule has 1 fully saturated rings. The Labute approximate surface area is 86.9 Å². The van der Waals surface area contributed by atoms with E-state index in [1.54, 1.807) is 0 Å². The van der Waals surface area contributed by atoms with Gasteiger partial charge < -0.3 is 15.4 Å². The molecule has 1 aliphatic heterocycles. The van der Waals surface area contributed by atoms with Crippen molar-refractivity contribution < 1.29 is 4.74 Å². The number of anilines is 2. The van der Waals surface area contributed by atoms with E-state index in [2.05, 4.69) is 28.9 Å². The van der Waals surface area contributed by atoms with Crippen LogP contribution in [0.1, 0.15) is 13.8 Å². The lowest BCUT2D eigenvalue weighted by atomic mass is 10.2. The summed E-state index contributed by atoms with van der Waals surface area (Å²) < 4.78 is 5.63. The van der Waals surface area contributed by atoms with Crippen LogP contribution < -0.4 is 10.6 Å². The summed E-state index contributed by atoms with van der Waals surface area (Å²) in [6, 6.07) is 0. The van der Waals surface area contributed by atoms with Crippen molar-refractivity contribution in [3.05, 3.63) is 0 Å². The maximum Gasteiger partial charge on any atom is 0.210 e. The normalized spacial score (nSPS) is 28.0. The molecule has 1 aliphatic rings. The average Bonchev–Trinajstić information content (AvgIpc) is 2.50. The maximum absolute atomic E-state index is 5.63. The minimum Gasteiger partial charge on any atom is -0.374 e. The Hall–Kier alpha value is -0.880. The molecule has 1 aromatic rings. The SMILES string of the molecule is C[C@H]1CN(c2nnc(N)s2)C[C@H](C)O1. The van der Waals surface area contributed by atoms with Crippen LogP contribution in [0.4, 0.5) is 10.3 Å². The van der Waals surface area contributed by atoms with Crippen molar-refractivity contribution in [3.63, 3.8) is 0 Å². The lowest BCUT2D eigenvalue weighted by molar-refractivity contribution is -0.00525. The number of hydrogen-bond donors (Lipinski definition) is 1. The lowest BCUT2D eigenvalue weighted by Gasteiger charge is -2.34. The van der Waals surface area contributed by atoms with E-state index in [-0.39, 0.29) is 12.2 Å². The van der Waals surface area contributed by atoms with E-state index in [1.807, 2.05) is 0 Å². The van der Waals surface area contributed by atoms with Gasteiger partial charge >= 0.3 is 0 Å². The first-order valence-electron chi connectivity index (χ1n) is 4.64. The van der Waals surface area contributed by atoms with Gasteiger partial charge in [-0.1, -0.05) is 11.3 Å². The van der Waals surface area contributed by atoms with Crippen molar-refractivity contribution in [2.75, 3.05) is 23.7 Å². The van der Waals surface area contributed by atoms with Crippen molar-refractivity contribution >= 4 is 21.6 Å². The topological polar surface area (TPSA) is 64.3 Å². The standard InChI is InChI=1S/C8H14N4OS/c1-5-3-12(4-6(2)13-5)8-11-10-7(9)14-8/h5-6H,3-4H2,1-2H3,(H2,9,10)/t5-,6-/m0/s1. The van der Waals surface area contributed by atoms with Crippen LogP contribution in [-0.4, -0.2) is 35.5 Å². The van der Waals surface area contributed by atoms with Gasteiger partial charge in [0.05, 0.1) is 12.2 Å². The molecular weight excluding hydrogens is 200 g/mol. The highest BCUT2D eigenvalue weighted by Gasteiger charge is 2.24. The van der Waals surface area contributed by atoms with E-state index >= 15 is 0 Å². The molecular formula is C8H14N4OS. The highest BCUT2D eigenvalue weighted by Crippen LogP contribution is 2.24. The van der Waals surface area contributed by atoms with Crippen LogP contribution in [0.25, 0.3) is 0 Å². The van der Waals surface area contributed by atoms with Gasteiger partial charge in [-0.25, -0.2) is 0 Å². The molecule has 0 unspecified atom stereocenters. The van der Waals surface area contributed by atoms with Gasteiger partial charge in [0.1, 0.15) is 0 Å². The summed E-state index contributed by atoms with van der Waals surface area (Å²) in [6.45, 7) is 5.85. The molecule has 1 saturated heterocycles. The summed E-state index contributed by atoms with van der Waals surface area (Å²) in [7, 11) is 0. The Morgan fingerprint density at radius 3 is 2.50 bits per heavy atom. The molecule has 2 N–H and O–H groups in total. The first-order valence-corrected chi connectivity index (χ1v) is 5.46. The summed E-state index contributed by atoms with van der Waals surface area (Å²) in [5, 5.41) is 9.24. The fraction of sp³-hybridized carbons (Fsp3) is 0.750. The van der Waals surface area contributed by atoms with E-state index < -0.39 is 0 Å². The van der Waals surface area contributed by atoms with Crippen molar-refractivity contribution in [3.8, 4) is 0 Å². The minimum atomic E-state index is 0.240. The van der Waals surface area contributed by atoms with Crippen LogP contribution in [0.3, 0.4) is 0 Å². The zero-order chi connectivity index (χ0) is 10.1. The average molecular weight is 214 g/mol. The molecule has 2 heterocycles. The van der Waals surface area contributed by atoms with Crippen molar-refractivity contribution in [2.45, 2.75) is 26.1 Å². The van der Waals surface area contributed by atoms with Gasteiger partial charge in [-0.3, -0.25) is 0 Å². The lowest BCUT2D eigenvalue weighted by Crippen LogP contribution is -2.45. The van der Waals surface area contributed by atoms with E-state index in [0.717, 1.165) is 18.2 Å². The van der Waals surface area contributed by atoms with Gasteiger partial charge in [0.2, 0.25) is 10.3 Å². The molecule has 0 saturated carbocycles. The van der Waals surface area contributed by atoms with Crippen LogP contribution >= 0.6 is 11.3 Å². The summed E-state index contributed by atoms with van der Waals surface area (Å²) in [5.74, 6) is 0. The number of aromatic nitrogens is 2. The predicted octanol–water partition coefficient (Wildman–Crippen LogP) is 0.734. The Balaban J connectivity index is 2.10. The summed E-state index contributed by atoms with van der Waals surface area (Å²) >= 11 is 1.42. The van der Waals surface area contributed by atoms with Gasteiger partial charge in [0.25, 0.3) is 0 Å². The number of hydrogen-bond acceptors (Lipinski definition) is 6. The van der Waals surface area contributed by atoms with Crippen molar-refractivity contribution in [1.29, 1.82) is 0 Å². The summed E-state index contributed by atoms with van der Waals surface area (Å²) in [5.41, 5.74) is 5.54. The van der Waals surface area contributed by atoms with Gasteiger partial charge in [0.15, 0.2) is 0 Å². The monoisotopic (exact) mass is 214 g/mol. The molecule has 0 amide bonds. The molecule has 0 aromatic carbocycles. The zero-order valence-electron chi connectivity index (χ0n) is 8.30. The summed E-state index contributed by atoms with van der Waals surface area (Å²) in [4.78, 5) is 2.17. The minimum absolute atomic E-state index is 0.240. The van der Waals surface area contributed by atoms with Gasteiger partial charge in [-0.05, 0) is 13.8 Å². The Morgan fingerprint density at radius 2 is 2.00 bits per heavy atom. The Bertz CT molecular complexity index is 306. The second kappa shape index (κ2) is 3.70. The number of nitrogens with two attached hydrogens (primary N) is 1. The molecule has 2 atom stereocenters. The second-order valence-electron chi connectivity index (χ2n) is 3.59.